The zero-order valence-corrected chi connectivity index (χ0v) is 11.4. The minimum Gasteiger partial charge on any atom is -0.481 e. The molecule has 2 rings (SSSR count). The van der Waals surface area contributed by atoms with Gasteiger partial charge in [0.05, 0.1) is 0 Å². The minimum absolute atomic E-state index is 0.371. The molecule has 0 spiro atoms. The first-order chi connectivity index (χ1) is 8.74. The summed E-state index contributed by atoms with van der Waals surface area (Å²) < 4.78 is 0. The Balaban J connectivity index is 1.67. The molecule has 0 unspecified atom stereocenters. The van der Waals surface area contributed by atoms with Crippen LogP contribution in [-0.2, 0) is 4.79 Å². The number of carboxylic acid groups (broad SMARTS) is 1. The van der Waals surface area contributed by atoms with Crippen LogP contribution in [0, 0.1) is 5.92 Å². The molecule has 0 aliphatic heterocycles. The van der Waals surface area contributed by atoms with Crippen LogP contribution in [0.15, 0.2) is 0 Å². The van der Waals surface area contributed by atoms with E-state index in [9.17, 15) is 4.79 Å². The zero-order chi connectivity index (χ0) is 12.8. The molecule has 0 radical (unpaired) electrons. The molecule has 2 N–H and O–H groups in total. The summed E-state index contributed by atoms with van der Waals surface area (Å²) in [4.78, 5) is 10.7. The third-order valence-electron chi connectivity index (χ3n) is 4.64. The molecule has 0 aromatic carbocycles. The van der Waals surface area contributed by atoms with Crippen molar-refractivity contribution in [2.45, 2.75) is 82.7 Å². The Morgan fingerprint density at radius 2 is 1.44 bits per heavy atom. The van der Waals surface area contributed by atoms with Gasteiger partial charge >= 0.3 is 5.97 Å². The number of aliphatic carboxylic acids is 1. The summed E-state index contributed by atoms with van der Waals surface area (Å²) in [5.74, 6) is -0.204. The monoisotopic (exact) mass is 253 g/mol. The first-order valence-electron chi connectivity index (χ1n) is 7.72. The fourth-order valence-electron chi connectivity index (χ4n) is 3.56. The molecule has 2 aliphatic rings. The second-order valence-corrected chi connectivity index (χ2v) is 6.17. The summed E-state index contributed by atoms with van der Waals surface area (Å²) in [6.45, 7) is 0. The van der Waals surface area contributed by atoms with Gasteiger partial charge in [-0.15, -0.1) is 0 Å². The van der Waals surface area contributed by atoms with E-state index >= 15 is 0 Å². The summed E-state index contributed by atoms with van der Waals surface area (Å²) >= 11 is 0. The number of hydrogen-bond acceptors (Lipinski definition) is 2. The van der Waals surface area contributed by atoms with Crippen LogP contribution in [0.2, 0.25) is 0 Å². The molecule has 0 aromatic rings. The Kier molecular flexibility index (Phi) is 5.48. The van der Waals surface area contributed by atoms with Gasteiger partial charge < -0.3 is 10.4 Å². The van der Waals surface area contributed by atoms with E-state index in [-0.39, 0.29) is 0 Å². The van der Waals surface area contributed by atoms with Gasteiger partial charge in [-0.1, -0.05) is 25.7 Å². The maximum absolute atomic E-state index is 10.7. The second-order valence-electron chi connectivity index (χ2n) is 6.17. The molecule has 0 aromatic heterocycles. The van der Waals surface area contributed by atoms with Crippen LogP contribution in [0.1, 0.15) is 70.6 Å². The summed E-state index contributed by atoms with van der Waals surface area (Å²) in [6.07, 6.45) is 13.2. The molecule has 2 saturated carbocycles. The predicted octanol–water partition coefficient (Wildman–Crippen LogP) is 3.33. The van der Waals surface area contributed by atoms with E-state index in [1.54, 1.807) is 0 Å². The molecular weight excluding hydrogens is 226 g/mol. The van der Waals surface area contributed by atoms with Gasteiger partial charge in [0.15, 0.2) is 0 Å². The van der Waals surface area contributed by atoms with Crippen molar-refractivity contribution in [3.63, 3.8) is 0 Å². The number of hydrogen-bond donors (Lipinski definition) is 2. The van der Waals surface area contributed by atoms with Gasteiger partial charge in [0.1, 0.15) is 0 Å². The van der Waals surface area contributed by atoms with E-state index in [0.717, 1.165) is 18.9 Å². The molecule has 3 heteroatoms. The van der Waals surface area contributed by atoms with E-state index < -0.39 is 5.97 Å². The average Bonchev–Trinajstić information content (AvgIpc) is 2.60. The van der Waals surface area contributed by atoms with Crippen molar-refractivity contribution in [1.29, 1.82) is 0 Å². The van der Waals surface area contributed by atoms with Crippen LogP contribution in [0.25, 0.3) is 0 Å². The summed E-state index contributed by atoms with van der Waals surface area (Å²) in [7, 11) is 0. The Bertz CT molecular complexity index is 251. The van der Waals surface area contributed by atoms with E-state index in [1.807, 2.05) is 0 Å². The molecule has 104 valence electrons. The van der Waals surface area contributed by atoms with Crippen molar-refractivity contribution in [3.05, 3.63) is 0 Å². The highest BCUT2D eigenvalue weighted by atomic mass is 16.4. The highest BCUT2D eigenvalue weighted by Crippen LogP contribution is 2.28. The maximum atomic E-state index is 10.7. The highest BCUT2D eigenvalue weighted by Gasteiger charge is 2.24. The molecular formula is C15H27NO2. The van der Waals surface area contributed by atoms with Gasteiger partial charge in [0.2, 0.25) is 0 Å². The van der Waals surface area contributed by atoms with Crippen molar-refractivity contribution >= 4 is 5.97 Å². The predicted molar refractivity (Wildman–Crippen MR) is 72.6 cm³/mol. The minimum atomic E-state index is -0.629. The molecule has 3 nitrogen and oxygen atoms in total. The lowest BCUT2D eigenvalue weighted by molar-refractivity contribution is -0.138. The number of rotatable bonds is 4. The standard InChI is InChI=1S/C15H27NO2/c17-15(18)11-12-7-9-14(10-8-12)16-13-5-3-1-2-4-6-13/h12-14,16H,1-11H2,(H,17,18). The van der Waals surface area contributed by atoms with E-state index in [0.29, 0.717) is 18.4 Å². The Labute approximate surface area is 110 Å². The Hall–Kier alpha value is -0.570. The lowest BCUT2D eigenvalue weighted by Crippen LogP contribution is -2.40. The smallest absolute Gasteiger partial charge is 0.303 e. The van der Waals surface area contributed by atoms with Crippen LogP contribution in [0.3, 0.4) is 0 Å². The molecule has 0 atom stereocenters. The van der Waals surface area contributed by atoms with E-state index in [4.69, 9.17) is 5.11 Å². The van der Waals surface area contributed by atoms with Gasteiger partial charge in [0, 0.05) is 18.5 Å². The quantitative estimate of drug-likeness (QED) is 0.756. The number of carboxylic acids is 1. The maximum Gasteiger partial charge on any atom is 0.303 e. The largest absolute Gasteiger partial charge is 0.481 e. The Morgan fingerprint density at radius 3 is 2.00 bits per heavy atom. The van der Waals surface area contributed by atoms with Crippen molar-refractivity contribution in [1.82, 2.24) is 5.32 Å². The van der Waals surface area contributed by atoms with Gasteiger partial charge in [-0.25, -0.2) is 0 Å². The lowest BCUT2D eigenvalue weighted by Gasteiger charge is -2.31. The number of carbonyl (C=O) groups is 1. The van der Waals surface area contributed by atoms with Crippen LogP contribution in [-0.4, -0.2) is 23.2 Å². The third-order valence-corrected chi connectivity index (χ3v) is 4.64. The highest BCUT2D eigenvalue weighted by molar-refractivity contribution is 5.67. The van der Waals surface area contributed by atoms with Gasteiger partial charge in [-0.2, -0.15) is 0 Å². The molecule has 0 bridgehead atoms. The molecule has 0 saturated heterocycles. The van der Waals surface area contributed by atoms with E-state index in [1.165, 1.54) is 51.4 Å². The van der Waals surface area contributed by atoms with Crippen molar-refractivity contribution < 1.29 is 9.90 Å². The topological polar surface area (TPSA) is 49.3 Å². The van der Waals surface area contributed by atoms with Crippen LogP contribution in [0.5, 0.6) is 0 Å². The van der Waals surface area contributed by atoms with Gasteiger partial charge in [0.25, 0.3) is 0 Å². The summed E-state index contributed by atoms with van der Waals surface area (Å²) in [5.41, 5.74) is 0. The molecule has 2 fully saturated rings. The first kappa shape index (κ1) is 13.9. The van der Waals surface area contributed by atoms with Crippen LogP contribution >= 0.6 is 0 Å². The van der Waals surface area contributed by atoms with Crippen molar-refractivity contribution in [2.24, 2.45) is 5.92 Å². The van der Waals surface area contributed by atoms with Crippen LogP contribution < -0.4 is 5.32 Å². The molecule has 2 aliphatic carbocycles. The summed E-state index contributed by atoms with van der Waals surface area (Å²) in [5, 5.41) is 12.6. The van der Waals surface area contributed by atoms with Gasteiger partial charge in [-0.3, -0.25) is 4.79 Å². The van der Waals surface area contributed by atoms with Crippen molar-refractivity contribution in [3.8, 4) is 0 Å². The normalized spacial score (nSPS) is 30.9. The molecule has 0 amide bonds. The summed E-state index contributed by atoms with van der Waals surface area (Å²) in [6, 6.07) is 1.38. The van der Waals surface area contributed by atoms with Gasteiger partial charge in [-0.05, 0) is 44.4 Å². The number of nitrogens with one attached hydrogen (secondary N) is 1. The first-order valence-corrected chi connectivity index (χ1v) is 7.72. The average molecular weight is 253 g/mol. The Morgan fingerprint density at radius 1 is 0.889 bits per heavy atom. The fourth-order valence-corrected chi connectivity index (χ4v) is 3.56. The lowest BCUT2D eigenvalue weighted by atomic mass is 9.83. The fraction of sp³-hybridized carbons (Fsp3) is 0.933. The van der Waals surface area contributed by atoms with Crippen molar-refractivity contribution in [2.75, 3.05) is 0 Å². The van der Waals surface area contributed by atoms with E-state index in [2.05, 4.69) is 5.32 Å². The SMILES string of the molecule is O=C(O)CC1CCC(NC2CCCCCC2)CC1. The molecule has 0 heterocycles. The zero-order valence-electron chi connectivity index (χ0n) is 11.4. The molecule has 18 heavy (non-hydrogen) atoms. The second kappa shape index (κ2) is 7.13. The van der Waals surface area contributed by atoms with Crippen LogP contribution in [0.4, 0.5) is 0 Å². The third kappa shape index (κ3) is 4.60.